The predicted molar refractivity (Wildman–Crippen MR) is 119 cm³/mol. The fourth-order valence-corrected chi connectivity index (χ4v) is 3.23. The molecular formula is C25H19ClO5. The third kappa shape index (κ3) is 4.78. The Morgan fingerprint density at radius 1 is 1.03 bits per heavy atom. The minimum absolute atomic E-state index is 0.162. The molecule has 0 unspecified atom stereocenters. The number of carbonyl (C=O) groups is 1. The van der Waals surface area contributed by atoms with Gasteiger partial charge in [0, 0.05) is 11.1 Å². The average molecular weight is 435 g/mol. The molecule has 0 amide bonds. The molecule has 5 nitrogen and oxygen atoms in total. The Bertz CT molecular complexity index is 1260. The molecule has 0 fully saturated rings. The van der Waals surface area contributed by atoms with E-state index >= 15 is 0 Å². The summed E-state index contributed by atoms with van der Waals surface area (Å²) in [5, 5.41) is 1.01. The SMILES string of the molecule is C[C@@H](Oc1ccc2c(=O)c(-c3ccc(Cl)cc3)coc2c1)C(=O)OCc1ccccc1. The first-order valence-electron chi connectivity index (χ1n) is 9.70. The molecule has 4 rings (SSSR count). The lowest BCUT2D eigenvalue weighted by atomic mass is 10.1. The average Bonchev–Trinajstić information content (AvgIpc) is 2.79. The minimum Gasteiger partial charge on any atom is -0.479 e. The maximum absolute atomic E-state index is 12.9. The van der Waals surface area contributed by atoms with E-state index in [1.807, 2.05) is 30.3 Å². The molecule has 1 atom stereocenters. The van der Waals surface area contributed by atoms with E-state index in [4.69, 9.17) is 25.5 Å². The summed E-state index contributed by atoms with van der Waals surface area (Å²) in [6, 6.07) is 21.2. The Morgan fingerprint density at radius 2 is 1.77 bits per heavy atom. The van der Waals surface area contributed by atoms with Crippen LogP contribution in [0.15, 0.2) is 88.3 Å². The number of benzene rings is 3. The van der Waals surface area contributed by atoms with Crippen molar-refractivity contribution in [2.45, 2.75) is 19.6 Å². The molecule has 0 radical (unpaired) electrons. The number of hydrogen-bond acceptors (Lipinski definition) is 5. The third-order valence-corrected chi connectivity index (χ3v) is 5.02. The molecule has 0 saturated heterocycles. The summed E-state index contributed by atoms with van der Waals surface area (Å²) in [5.74, 6) is -0.0810. The van der Waals surface area contributed by atoms with Gasteiger partial charge in [-0.15, -0.1) is 0 Å². The van der Waals surface area contributed by atoms with Crippen LogP contribution in [0.2, 0.25) is 5.02 Å². The van der Waals surface area contributed by atoms with Crippen LogP contribution in [0.1, 0.15) is 12.5 Å². The van der Waals surface area contributed by atoms with Crippen LogP contribution in [-0.4, -0.2) is 12.1 Å². The number of fused-ring (bicyclic) bond motifs is 1. The van der Waals surface area contributed by atoms with Gasteiger partial charge in [-0.25, -0.2) is 4.79 Å². The van der Waals surface area contributed by atoms with Crippen molar-refractivity contribution in [1.82, 2.24) is 0 Å². The van der Waals surface area contributed by atoms with E-state index in [1.165, 1.54) is 6.26 Å². The first kappa shape index (κ1) is 20.7. The summed E-state index contributed by atoms with van der Waals surface area (Å²) in [4.78, 5) is 25.1. The molecule has 0 spiro atoms. The van der Waals surface area contributed by atoms with Gasteiger partial charge >= 0.3 is 5.97 Å². The molecule has 4 aromatic rings. The smallest absolute Gasteiger partial charge is 0.347 e. The Labute approximate surface area is 183 Å². The number of ether oxygens (including phenoxy) is 2. The van der Waals surface area contributed by atoms with E-state index in [0.717, 1.165) is 11.1 Å². The second kappa shape index (κ2) is 9.06. The van der Waals surface area contributed by atoms with Gasteiger partial charge in [0.15, 0.2) is 11.5 Å². The topological polar surface area (TPSA) is 65.7 Å². The Balaban J connectivity index is 1.48. The normalized spacial score (nSPS) is 11.8. The van der Waals surface area contributed by atoms with Crippen LogP contribution in [0.4, 0.5) is 0 Å². The van der Waals surface area contributed by atoms with E-state index < -0.39 is 12.1 Å². The highest BCUT2D eigenvalue weighted by Crippen LogP contribution is 2.24. The zero-order valence-electron chi connectivity index (χ0n) is 16.7. The van der Waals surface area contributed by atoms with Gasteiger partial charge in [0.25, 0.3) is 0 Å². The highest BCUT2D eigenvalue weighted by atomic mass is 35.5. The molecule has 3 aromatic carbocycles. The Morgan fingerprint density at radius 3 is 2.52 bits per heavy atom. The minimum atomic E-state index is -0.818. The van der Waals surface area contributed by atoms with E-state index in [0.29, 0.717) is 27.3 Å². The van der Waals surface area contributed by atoms with Gasteiger partial charge in [-0.2, -0.15) is 0 Å². The molecule has 0 aliphatic carbocycles. The van der Waals surface area contributed by atoms with Gasteiger partial charge < -0.3 is 13.9 Å². The largest absolute Gasteiger partial charge is 0.479 e. The molecule has 0 N–H and O–H groups in total. The van der Waals surface area contributed by atoms with Crippen molar-refractivity contribution in [1.29, 1.82) is 0 Å². The lowest BCUT2D eigenvalue weighted by Gasteiger charge is -2.14. The maximum atomic E-state index is 12.9. The first-order valence-corrected chi connectivity index (χ1v) is 10.1. The molecule has 6 heteroatoms. The second-order valence-corrected chi connectivity index (χ2v) is 7.43. The summed E-state index contributed by atoms with van der Waals surface area (Å²) in [5.41, 5.74) is 2.26. The Kier molecular flexibility index (Phi) is 6.05. The summed E-state index contributed by atoms with van der Waals surface area (Å²) in [6.07, 6.45) is 0.594. The molecule has 31 heavy (non-hydrogen) atoms. The van der Waals surface area contributed by atoms with E-state index in [2.05, 4.69) is 0 Å². The molecule has 0 aliphatic rings. The fourth-order valence-electron chi connectivity index (χ4n) is 3.11. The number of carbonyl (C=O) groups excluding carboxylic acids is 1. The van der Waals surface area contributed by atoms with Crippen LogP contribution in [0.5, 0.6) is 5.75 Å². The van der Waals surface area contributed by atoms with Gasteiger partial charge in [0.1, 0.15) is 24.2 Å². The van der Waals surface area contributed by atoms with Gasteiger partial charge in [0.05, 0.1) is 10.9 Å². The van der Waals surface area contributed by atoms with Gasteiger partial charge in [-0.05, 0) is 42.3 Å². The van der Waals surface area contributed by atoms with E-state index in [-0.39, 0.29) is 12.0 Å². The number of halogens is 1. The summed E-state index contributed by atoms with van der Waals surface area (Å²) in [6.45, 7) is 1.78. The quantitative estimate of drug-likeness (QED) is 0.368. The monoisotopic (exact) mass is 434 g/mol. The van der Waals surface area contributed by atoms with Crippen LogP contribution in [0, 0.1) is 0 Å². The van der Waals surface area contributed by atoms with Crippen LogP contribution in [0.25, 0.3) is 22.1 Å². The molecule has 1 heterocycles. The van der Waals surface area contributed by atoms with Crippen molar-refractivity contribution in [3.05, 3.63) is 99.9 Å². The van der Waals surface area contributed by atoms with Crippen molar-refractivity contribution in [2.75, 3.05) is 0 Å². The summed E-state index contributed by atoms with van der Waals surface area (Å²) in [7, 11) is 0. The molecule has 1 aromatic heterocycles. The number of esters is 1. The van der Waals surface area contributed by atoms with Crippen LogP contribution >= 0.6 is 11.6 Å². The van der Waals surface area contributed by atoms with Crippen molar-refractivity contribution in [2.24, 2.45) is 0 Å². The summed E-state index contributed by atoms with van der Waals surface area (Å²) >= 11 is 5.92. The number of rotatable bonds is 6. The van der Waals surface area contributed by atoms with Crippen LogP contribution in [-0.2, 0) is 16.1 Å². The molecular weight excluding hydrogens is 416 g/mol. The highest BCUT2D eigenvalue weighted by molar-refractivity contribution is 6.30. The third-order valence-electron chi connectivity index (χ3n) is 4.77. The highest BCUT2D eigenvalue weighted by Gasteiger charge is 2.17. The van der Waals surface area contributed by atoms with Crippen molar-refractivity contribution in [3.63, 3.8) is 0 Å². The van der Waals surface area contributed by atoms with Crippen molar-refractivity contribution in [3.8, 4) is 16.9 Å². The lowest BCUT2D eigenvalue weighted by molar-refractivity contribution is -0.152. The van der Waals surface area contributed by atoms with E-state index in [1.54, 1.807) is 49.4 Å². The number of hydrogen-bond donors (Lipinski definition) is 0. The van der Waals surface area contributed by atoms with Crippen molar-refractivity contribution < 1.29 is 18.7 Å². The van der Waals surface area contributed by atoms with Crippen LogP contribution < -0.4 is 10.2 Å². The fraction of sp³-hybridized carbons (Fsp3) is 0.120. The van der Waals surface area contributed by atoms with Crippen LogP contribution in [0.3, 0.4) is 0 Å². The lowest BCUT2D eigenvalue weighted by Crippen LogP contribution is -2.26. The van der Waals surface area contributed by atoms with E-state index in [9.17, 15) is 9.59 Å². The second-order valence-electron chi connectivity index (χ2n) is 7.00. The van der Waals surface area contributed by atoms with Gasteiger partial charge in [0.2, 0.25) is 0 Å². The standard InChI is InChI=1S/C25H19ClO5/c1-16(25(28)30-14-17-5-3-2-4-6-17)31-20-11-12-21-23(13-20)29-15-22(24(21)27)18-7-9-19(26)10-8-18/h2-13,15-16H,14H2,1H3/t16-/m1/s1. The van der Waals surface area contributed by atoms with Gasteiger partial charge in [-0.3, -0.25) is 4.79 Å². The molecule has 0 saturated carbocycles. The molecule has 156 valence electrons. The Hall–Kier alpha value is -3.57. The zero-order chi connectivity index (χ0) is 21.8. The zero-order valence-corrected chi connectivity index (χ0v) is 17.5. The predicted octanol–water partition coefficient (Wildman–Crippen LogP) is 5.62. The van der Waals surface area contributed by atoms with Gasteiger partial charge in [-0.1, -0.05) is 54.1 Å². The first-order chi connectivity index (χ1) is 15.0. The van der Waals surface area contributed by atoms with Crippen molar-refractivity contribution >= 4 is 28.5 Å². The molecule has 0 aliphatic heterocycles. The molecule has 0 bridgehead atoms. The summed E-state index contributed by atoms with van der Waals surface area (Å²) < 4.78 is 16.7. The maximum Gasteiger partial charge on any atom is 0.347 e.